The summed E-state index contributed by atoms with van der Waals surface area (Å²) in [7, 11) is -3.71. The van der Waals surface area contributed by atoms with Crippen molar-refractivity contribution in [1.82, 2.24) is 9.62 Å². The number of hydrogen-bond acceptors (Lipinski definition) is 8. The van der Waals surface area contributed by atoms with Crippen LogP contribution in [-0.2, 0) is 25.9 Å². The first-order valence-electron chi connectivity index (χ1n) is 13.4. The van der Waals surface area contributed by atoms with Gasteiger partial charge in [0.05, 0.1) is 49.0 Å². The highest BCUT2D eigenvalue weighted by Crippen LogP contribution is 2.42. The number of ether oxygens (including phenoxy) is 3. The van der Waals surface area contributed by atoms with Crippen LogP contribution in [0.3, 0.4) is 0 Å². The predicted octanol–water partition coefficient (Wildman–Crippen LogP) is 3.32. The van der Waals surface area contributed by atoms with E-state index in [9.17, 15) is 13.7 Å². The summed E-state index contributed by atoms with van der Waals surface area (Å²) in [5.74, 6) is 0.605. The summed E-state index contributed by atoms with van der Waals surface area (Å²) in [6.07, 6.45) is 3.90. The molecule has 0 spiro atoms. The summed E-state index contributed by atoms with van der Waals surface area (Å²) >= 11 is 6.39. The number of halogens is 1. The highest BCUT2D eigenvalue weighted by Gasteiger charge is 2.40. The summed E-state index contributed by atoms with van der Waals surface area (Å²) in [5.41, 5.74) is 8.57. The molecule has 212 valence electrons. The second-order valence-corrected chi connectivity index (χ2v) is 12.1. The predicted molar refractivity (Wildman–Crippen MR) is 150 cm³/mol. The fourth-order valence-electron chi connectivity index (χ4n) is 5.27. The van der Waals surface area contributed by atoms with Gasteiger partial charge < -0.3 is 19.9 Å². The van der Waals surface area contributed by atoms with E-state index >= 15 is 0 Å². The van der Waals surface area contributed by atoms with Crippen molar-refractivity contribution in [2.75, 3.05) is 52.6 Å². The Morgan fingerprint density at radius 1 is 1.10 bits per heavy atom. The summed E-state index contributed by atoms with van der Waals surface area (Å²) in [5, 5.41) is 10.3. The maximum absolute atomic E-state index is 12.8. The third-order valence-electron chi connectivity index (χ3n) is 7.18. The third-order valence-corrected chi connectivity index (χ3v) is 8.86. The Morgan fingerprint density at radius 3 is 2.54 bits per heavy atom. The summed E-state index contributed by atoms with van der Waals surface area (Å²) in [4.78, 5) is 2.61. The van der Waals surface area contributed by atoms with Crippen LogP contribution in [0.15, 0.2) is 35.2 Å². The lowest BCUT2D eigenvalue weighted by Crippen LogP contribution is -2.43. The number of nitrogens with zero attached hydrogens (tertiary/aromatic N) is 2. The van der Waals surface area contributed by atoms with Gasteiger partial charge in [-0.3, -0.25) is 4.90 Å². The van der Waals surface area contributed by atoms with Crippen LogP contribution in [-0.4, -0.2) is 72.0 Å². The van der Waals surface area contributed by atoms with Gasteiger partial charge in [0, 0.05) is 18.1 Å². The van der Waals surface area contributed by atoms with Crippen LogP contribution in [0.2, 0.25) is 5.02 Å². The highest BCUT2D eigenvalue weighted by atomic mass is 35.5. The average molecular weight is 577 g/mol. The maximum atomic E-state index is 12.8. The Balaban J connectivity index is 1.46. The Morgan fingerprint density at radius 2 is 1.85 bits per heavy atom. The van der Waals surface area contributed by atoms with Gasteiger partial charge in [-0.25, -0.2) is 13.1 Å². The van der Waals surface area contributed by atoms with Crippen molar-refractivity contribution >= 4 is 21.6 Å². The van der Waals surface area contributed by atoms with Gasteiger partial charge in [0.2, 0.25) is 10.0 Å². The van der Waals surface area contributed by atoms with Crippen LogP contribution in [0.25, 0.3) is 0 Å². The van der Waals surface area contributed by atoms with Gasteiger partial charge >= 0.3 is 0 Å². The molecule has 2 aromatic rings. The van der Waals surface area contributed by atoms with Gasteiger partial charge in [-0.2, -0.15) is 5.26 Å². The molecule has 1 aliphatic carbocycles. The van der Waals surface area contributed by atoms with Crippen molar-refractivity contribution in [3.63, 3.8) is 0 Å². The van der Waals surface area contributed by atoms with Crippen LogP contribution in [0.5, 0.6) is 5.75 Å². The standard InChI is InChI=1S/C28H37ClN4O5S/c1-20-15-23(39(34,35)32-8-12-37-14-13-36-11-7-30)5-6-27(20)38-28-25-17-22(29)16-21(19-31)24(25)18-26(28)33-9-3-2-4-10-33/h5-6,15-17,26,28,32H,2-4,7-14,18,30H2,1H3/t26-,28-/m0/s1. The van der Waals surface area contributed by atoms with E-state index in [0.717, 1.165) is 43.5 Å². The smallest absolute Gasteiger partial charge is 0.240 e. The SMILES string of the molecule is Cc1cc(S(=O)(=O)NCCOCCOCCN)ccc1O[C@H]1c2cc(Cl)cc(C#N)c2C[C@@H]1N1CCCCC1. The molecule has 2 aliphatic rings. The number of piperidine rings is 1. The van der Waals surface area contributed by atoms with Crippen LogP contribution in [0.1, 0.15) is 47.6 Å². The molecule has 2 aromatic carbocycles. The van der Waals surface area contributed by atoms with Crippen molar-refractivity contribution in [3.05, 3.63) is 57.6 Å². The molecule has 11 heteroatoms. The second-order valence-electron chi connectivity index (χ2n) is 9.88. The minimum atomic E-state index is -3.71. The molecule has 0 aromatic heterocycles. The number of sulfonamides is 1. The van der Waals surface area contributed by atoms with Crippen molar-refractivity contribution in [1.29, 1.82) is 5.26 Å². The zero-order chi connectivity index (χ0) is 27.8. The molecular weight excluding hydrogens is 540 g/mol. The number of nitrogens with two attached hydrogens (primary N) is 1. The van der Waals surface area contributed by atoms with Crippen molar-refractivity contribution in [3.8, 4) is 11.8 Å². The van der Waals surface area contributed by atoms with E-state index in [2.05, 4.69) is 15.7 Å². The molecule has 9 nitrogen and oxygen atoms in total. The Hall–Kier alpha value is -2.23. The van der Waals surface area contributed by atoms with E-state index in [1.165, 1.54) is 6.42 Å². The van der Waals surface area contributed by atoms with Gasteiger partial charge in [0.1, 0.15) is 11.9 Å². The minimum Gasteiger partial charge on any atom is -0.484 e. The van der Waals surface area contributed by atoms with Crippen LogP contribution >= 0.6 is 11.6 Å². The van der Waals surface area contributed by atoms with Gasteiger partial charge in [0.15, 0.2) is 0 Å². The Labute approximate surface area is 236 Å². The first kappa shape index (κ1) is 29.7. The molecule has 0 bridgehead atoms. The molecule has 2 atom stereocenters. The van der Waals surface area contributed by atoms with Crippen LogP contribution in [0, 0.1) is 18.3 Å². The molecule has 0 unspecified atom stereocenters. The van der Waals surface area contributed by atoms with Crippen molar-refractivity contribution in [2.24, 2.45) is 5.73 Å². The minimum absolute atomic E-state index is 0.0797. The first-order valence-corrected chi connectivity index (χ1v) is 15.3. The molecule has 1 saturated heterocycles. The molecule has 1 heterocycles. The lowest BCUT2D eigenvalue weighted by Gasteiger charge is -2.36. The van der Waals surface area contributed by atoms with Crippen LogP contribution in [0.4, 0.5) is 0 Å². The molecule has 3 N–H and O–H groups in total. The first-order chi connectivity index (χ1) is 18.8. The van der Waals surface area contributed by atoms with E-state index in [4.69, 9.17) is 31.5 Å². The molecule has 0 amide bonds. The number of nitriles is 1. The highest BCUT2D eigenvalue weighted by molar-refractivity contribution is 7.89. The Bertz CT molecular complexity index is 1280. The van der Waals surface area contributed by atoms with E-state index < -0.39 is 10.0 Å². The number of rotatable bonds is 13. The average Bonchev–Trinajstić information content (AvgIpc) is 3.29. The maximum Gasteiger partial charge on any atom is 0.240 e. The fourth-order valence-corrected chi connectivity index (χ4v) is 6.59. The number of nitrogens with one attached hydrogen (secondary N) is 1. The monoisotopic (exact) mass is 576 g/mol. The van der Waals surface area contributed by atoms with E-state index in [0.29, 0.717) is 48.3 Å². The normalized spacial score (nSPS) is 19.5. The van der Waals surface area contributed by atoms with Crippen LogP contribution < -0.4 is 15.2 Å². The summed E-state index contributed by atoms with van der Waals surface area (Å²) in [6.45, 7) is 5.90. The summed E-state index contributed by atoms with van der Waals surface area (Å²) < 4.78 is 45.5. The quantitative estimate of drug-likeness (QED) is 0.348. The van der Waals surface area contributed by atoms with Gasteiger partial charge in [-0.15, -0.1) is 0 Å². The Kier molecular flexibility index (Phi) is 10.6. The zero-order valence-electron chi connectivity index (χ0n) is 22.3. The van der Waals surface area contributed by atoms with Crippen molar-refractivity contribution in [2.45, 2.75) is 49.6 Å². The zero-order valence-corrected chi connectivity index (χ0v) is 23.9. The third kappa shape index (κ3) is 7.50. The fraction of sp³-hybridized carbons (Fsp3) is 0.536. The number of hydrogen-bond donors (Lipinski definition) is 2. The van der Waals surface area contributed by atoms with Gasteiger partial charge in [-0.1, -0.05) is 18.0 Å². The van der Waals surface area contributed by atoms with Gasteiger partial charge in [0.25, 0.3) is 0 Å². The van der Waals surface area contributed by atoms with Crippen molar-refractivity contribution < 1.29 is 22.6 Å². The summed E-state index contributed by atoms with van der Waals surface area (Å²) in [6, 6.07) is 10.9. The molecule has 0 saturated carbocycles. The molecule has 1 aliphatic heterocycles. The van der Waals surface area contributed by atoms with Gasteiger partial charge in [-0.05, 0) is 86.3 Å². The lowest BCUT2D eigenvalue weighted by molar-refractivity contribution is 0.0530. The van der Waals surface area contributed by atoms with E-state index in [1.54, 1.807) is 24.3 Å². The number of benzene rings is 2. The van der Waals surface area contributed by atoms with E-state index in [1.807, 2.05) is 13.0 Å². The largest absolute Gasteiger partial charge is 0.484 e. The molecule has 1 fully saturated rings. The second kappa shape index (κ2) is 13.9. The molecular formula is C28H37ClN4O5S. The lowest BCUT2D eigenvalue weighted by atomic mass is 10.0. The number of aryl methyl sites for hydroxylation is 1. The van der Waals surface area contributed by atoms with E-state index in [-0.39, 0.29) is 30.2 Å². The number of likely N-dealkylation sites (tertiary alicyclic amines) is 1. The molecule has 39 heavy (non-hydrogen) atoms. The molecule has 4 rings (SSSR count). The number of fused-ring (bicyclic) bond motifs is 1. The molecule has 0 radical (unpaired) electrons. The topological polar surface area (TPSA) is 127 Å².